The molecule has 2 N–H and O–H groups in total. The third-order valence-corrected chi connectivity index (χ3v) is 3.99. The van der Waals surface area contributed by atoms with E-state index in [4.69, 9.17) is 0 Å². The van der Waals surface area contributed by atoms with E-state index in [0.29, 0.717) is 5.92 Å². The first-order chi connectivity index (χ1) is 7.81. The van der Waals surface area contributed by atoms with E-state index < -0.39 is 0 Å². The first kappa shape index (κ1) is 11.7. The van der Waals surface area contributed by atoms with Crippen molar-refractivity contribution in [1.29, 1.82) is 0 Å². The third kappa shape index (κ3) is 2.68. The third-order valence-electron chi connectivity index (χ3n) is 2.78. The first-order valence-electron chi connectivity index (χ1n) is 5.80. The molecule has 1 fully saturated rings. The highest BCUT2D eigenvalue weighted by molar-refractivity contribution is 7.99. The topological polar surface area (TPSA) is 62.7 Å². The van der Waals surface area contributed by atoms with E-state index in [0.717, 1.165) is 37.0 Å². The summed E-state index contributed by atoms with van der Waals surface area (Å²) in [5, 5.41) is 10.8. The minimum atomic E-state index is -0.0890. The molecule has 1 aromatic heterocycles. The molecule has 6 heteroatoms. The van der Waals surface area contributed by atoms with Crippen LogP contribution in [0.5, 0.6) is 0 Å². The van der Waals surface area contributed by atoms with Crippen molar-refractivity contribution >= 4 is 11.8 Å². The van der Waals surface area contributed by atoms with Gasteiger partial charge in [0.1, 0.15) is 0 Å². The Balaban J connectivity index is 1.95. The molecule has 2 heterocycles. The van der Waals surface area contributed by atoms with Gasteiger partial charge in [0.25, 0.3) is 0 Å². The van der Waals surface area contributed by atoms with Gasteiger partial charge in [-0.2, -0.15) is 0 Å². The fourth-order valence-electron chi connectivity index (χ4n) is 1.88. The van der Waals surface area contributed by atoms with Crippen LogP contribution in [0.25, 0.3) is 0 Å². The van der Waals surface area contributed by atoms with Gasteiger partial charge in [-0.15, -0.1) is 5.10 Å². The number of hydrogen-bond acceptors (Lipinski definition) is 4. The molecule has 0 spiro atoms. The molecule has 1 saturated heterocycles. The van der Waals surface area contributed by atoms with Crippen LogP contribution in [0.15, 0.2) is 9.95 Å². The lowest BCUT2D eigenvalue weighted by Gasteiger charge is -2.07. The van der Waals surface area contributed by atoms with Crippen LogP contribution >= 0.6 is 11.8 Å². The highest BCUT2D eigenvalue weighted by Crippen LogP contribution is 2.20. The molecule has 1 aliphatic rings. The van der Waals surface area contributed by atoms with Crippen molar-refractivity contribution in [3.05, 3.63) is 10.5 Å². The SMILES string of the molecule is CCCn1c(SCC2CCNC2)n[nH]c1=O. The van der Waals surface area contributed by atoms with Crippen LogP contribution in [0.1, 0.15) is 19.8 Å². The van der Waals surface area contributed by atoms with Crippen molar-refractivity contribution in [2.45, 2.75) is 31.5 Å². The summed E-state index contributed by atoms with van der Waals surface area (Å²) in [5.74, 6) is 1.76. The Morgan fingerprint density at radius 2 is 2.50 bits per heavy atom. The average Bonchev–Trinajstić information content (AvgIpc) is 2.89. The molecule has 0 aromatic carbocycles. The second-order valence-corrected chi connectivity index (χ2v) is 5.12. The van der Waals surface area contributed by atoms with Crippen LogP contribution in [0, 0.1) is 5.92 Å². The summed E-state index contributed by atoms with van der Waals surface area (Å²) >= 11 is 1.69. The van der Waals surface area contributed by atoms with Crippen molar-refractivity contribution in [2.75, 3.05) is 18.8 Å². The zero-order valence-corrected chi connectivity index (χ0v) is 10.3. The number of aromatic nitrogens is 3. The molecule has 1 atom stereocenters. The van der Waals surface area contributed by atoms with Crippen LogP contribution in [0.3, 0.4) is 0 Å². The first-order valence-corrected chi connectivity index (χ1v) is 6.78. The van der Waals surface area contributed by atoms with Gasteiger partial charge in [0.15, 0.2) is 5.16 Å². The lowest BCUT2D eigenvalue weighted by atomic mass is 10.2. The second kappa shape index (κ2) is 5.54. The van der Waals surface area contributed by atoms with E-state index in [2.05, 4.69) is 22.4 Å². The lowest BCUT2D eigenvalue weighted by molar-refractivity contribution is 0.600. The maximum absolute atomic E-state index is 11.4. The molecule has 90 valence electrons. The summed E-state index contributed by atoms with van der Waals surface area (Å²) in [6.45, 7) is 5.03. The fraction of sp³-hybridized carbons (Fsp3) is 0.800. The molecular weight excluding hydrogens is 224 g/mol. The summed E-state index contributed by atoms with van der Waals surface area (Å²) in [5.41, 5.74) is -0.0890. The van der Waals surface area contributed by atoms with Gasteiger partial charge in [0, 0.05) is 12.3 Å². The minimum absolute atomic E-state index is 0.0890. The van der Waals surface area contributed by atoms with Crippen molar-refractivity contribution < 1.29 is 0 Å². The normalized spacial score (nSPS) is 20.4. The Bertz CT molecular complexity index is 380. The van der Waals surface area contributed by atoms with Gasteiger partial charge in [0.05, 0.1) is 0 Å². The largest absolute Gasteiger partial charge is 0.343 e. The highest BCUT2D eigenvalue weighted by Gasteiger charge is 2.16. The van der Waals surface area contributed by atoms with Crippen LogP contribution in [0.2, 0.25) is 0 Å². The van der Waals surface area contributed by atoms with E-state index in [-0.39, 0.29) is 5.69 Å². The molecule has 0 aliphatic carbocycles. The molecule has 0 radical (unpaired) electrons. The van der Waals surface area contributed by atoms with E-state index in [1.165, 1.54) is 6.42 Å². The van der Waals surface area contributed by atoms with E-state index in [9.17, 15) is 4.79 Å². The number of H-pyrrole nitrogens is 1. The predicted molar refractivity (Wildman–Crippen MR) is 64.8 cm³/mol. The quantitative estimate of drug-likeness (QED) is 0.746. The van der Waals surface area contributed by atoms with Crippen molar-refractivity contribution in [2.24, 2.45) is 5.92 Å². The smallest absolute Gasteiger partial charge is 0.316 e. The summed E-state index contributed by atoms with van der Waals surface area (Å²) in [6.07, 6.45) is 2.19. The van der Waals surface area contributed by atoms with Gasteiger partial charge >= 0.3 is 5.69 Å². The number of rotatable bonds is 5. The maximum atomic E-state index is 11.4. The van der Waals surface area contributed by atoms with E-state index >= 15 is 0 Å². The summed E-state index contributed by atoms with van der Waals surface area (Å²) in [6, 6.07) is 0. The molecule has 5 nitrogen and oxygen atoms in total. The van der Waals surface area contributed by atoms with Gasteiger partial charge < -0.3 is 5.32 Å². The molecule has 1 aliphatic heterocycles. The van der Waals surface area contributed by atoms with E-state index in [1.807, 2.05) is 0 Å². The molecule has 2 rings (SSSR count). The van der Waals surface area contributed by atoms with Gasteiger partial charge in [-0.3, -0.25) is 4.57 Å². The standard InChI is InChI=1S/C10H18N4OS/c1-2-5-14-9(15)12-13-10(14)16-7-8-3-4-11-6-8/h8,11H,2-7H2,1H3,(H,12,15). The van der Waals surface area contributed by atoms with Gasteiger partial charge in [-0.1, -0.05) is 18.7 Å². The van der Waals surface area contributed by atoms with Crippen molar-refractivity contribution in [1.82, 2.24) is 20.1 Å². The molecule has 0 amide bonds. The van der Waals surface area contributed by atoms with E-state index in [1.54, 1.807) is 16.3 Å². The number of aromatic amines is 1. The molecule has 1 unspecified atom stereocenters. The van der Waals surface area contributed by atoms with Crippen LogP contribution in [-0.2, 0) is 6.54 Å². The Morgan fingerprint density at radius 3 is 3.19 bits per heavy atom. The number of thioether (sulfide) groups is 1. The fourth-order valence-corrected chi connectivity index (χ4v) is 2.99. The second-order valence-electron chi connectivity index (χ2n) is 4.13. The average molecular weight is 242 g/mol. The van der Waals surface area contributed by atoms with Gasteiger partial charge in [-0.25, -0.2) is 9.89 Å². The Hall–Kier alpha value is -0.750. The highest BCUT2D eigenvalue weighted by atomic mass is 32.2. The molecule has 0 bridgehead atoms. The maximum Gasteiger partial charge on any atom is 0.343 e. The molecule has 0 saturated carbocycles. The van der Waals surface area contributed by atoms with Crippen molar-refractivity contribution in [3.8, 4) is 0 Å². The lowest BCUT2D eigenvalue weighted by Crippen LogP contribution is -2.17. The Labute approximate surface area is 99.0 Å². The number of hydrogen-bond donors (Lipinski definition) is 2. The Morgan fingerprint density at radius 1 is 1.62 bits per heavy atom. The molecule has 1 aromatic rings. The van der Waals surface area contributed by atoms with Crippen LogP contribution in [-0.4, -0.2) is 33.6 Å². The predicted octanol–water partition coefficient (Wildman–Crippen LogP) is 0.683. The monoisotopic (exact) mass is 242 g/mol. The van der Waals surface area contributed by atoms with Crippen LogP contribution in [0.4, 0.5) is 0 Å². The molecular formula is C10H18N4OS. The minimum Gasteiger partial charge on any atom is -0.316 e. The molecule has 16 heavy (non-hydrogen) atoms. The summed E-state index contributed by atoms with van der Waals surface area (Å²) in [4.78, 5) is 11.4. The van der Waals surface area contributed by atoms with Gasteiger partial charge in [0.2, 0.25) is 0 Å². The van der Waals surface area contributed by atoms with Gasteiger partial charge in [-0.05, 0) is 31.8 Å². The summed E-state index contributed by atoms with van der Waals surface area (Å²) in [7, 11) is 0. The van der Waals surface area contributed by atoms with Crippen molar-refractivity contribution in [3.63, 3.8) is 0 Å². The summed E-state index contributed by atoms with van der Waals surface area (Å²) < 4.78 is 1.73. The number of nitrogens with one attached hydrogen (secondary N) is 2. The zero-order chi connectivity index (χ0) is 11.4. The zero-order valence-electron chi connectivity index (χ0n) is 9.53. The van der Waals surface area contributed by atoms with Crippen LogP contribution < -0.4 is 11.0 Å². The number of nitrogens with zero attached hydrogens (tertiary/aromatic N) is 2. The Kier molecular flexibility index (Phi) is 4.06.